The van der Waals surface area contributed by atoms with Crippen LogP contribution >= 0.6 is 11.6 Å². The van der Waals surface area contributed by atoms with E-state index in [0.29, 0.717) is 11.6 Å². The summed E-state index contributed by atoms with van der Waals surface area (Å²) in [5.41, 5.74) is 1.97. The minimum absolute atomic E-state index is 0.00320. The Morgan fingerprint density at radius 2 is 2.08 bits per heavy atom. The zero-order chi connectivity index (χ0) is 19.1. The van der Waals surface area contributed by atoms with Gasteiger partial charge in [0.2, 0.25) is 0 Å². The van der Waals surface area contributed by atoms with Crippen molar-refractivity contribution in [3.63, 3.8) is 0 Å². The van der Waals surface area contributed by atoms with Gasteiger partial charge in [-0.05, 0) is 44.6 Å². The molecule has 1 unspecified atom stereocenters. The van der Waals surface area contributed by atoms with Gasteiger partial charge < -0.3 is 15.0 Å². The summed E-state index contributed by atoms with van der Waals surface area (Å²) in [5.74, 6) is 0.528. The van der Waals surface area contributed by atoms with Gasteiger partial charge in [-0.15, -0.1) is 11.6 Å². The van der Waals surface area contributed by atoms with E-state index in [1.54, 1.807) is 24.4 Å². The third kappa shape index (κ3) is 5.23. The van der Waals surface area contributed by atoms with Gasteiger partial charge in [0, 0.05) is 31.0 Å². The summed E-state index contributed by atoms with van der Waals surface area (Å²) in [6.07, 6.45) is 6.64. The molecule has 1 aromatic rings. The van der Waals surface area contributed by atoms with Gasteiger partial charge in [0.15, 0.2) is 5.76 Å². The molecular formula is C20H24ClN3O2. The quantitative estimate of drug-likeness (QED) is 0.467. The van der Waals surface area contributed by atoms with Crippen LogP contribution in [-0.4, -0.2) is 30.2 Å². The van der Waals surface area contributed by atoms with E-state index in [9.17, 15) is 4.79 Å². The molecule has 0 bridgehead atoms. The highest BCUT2D eigenvalue weighted by atomic mass is 35.5. The van der Waals surface area contributed by atoms with Gasteiger partial charge >= 0.3 is 0 Å². The Bertz CT molecular complexity index is 764. The Balaban J connectivity index is 2.08. The van der Waals surface area contributed by atoms with E-state index in [1.165, 1.54) is 0 Å². The maximum atomic E-state index is 12.3. The average Bonchev–Trinajstić information content (AvgIpc) is 2.83. The molecule has 26 heavy (non-hydrogen) atoms. The molecule has 1 aliphatic heterocycles. The molecule has 0 aromatic heterocycles. The standard InChI is InChI=1S/C20H24ClN3O2/c1-5-24(6-2)17-9-7-14(3)18(13-17)26-15(4)20(25)23-19-10-8-16(21)11-12-22-19/h7-13,16H,4-6H2,1-3H3,(H,22,23,25). The fourth-order valence-corrected chi connectivity index (χ4v) is 2.56. The second-order valence-corrected chi connectivity index (χ2v) is 6.26. The predicted molar refractivity (Wildman–Crippen MR) is 108 cm³/mol. The smallest absolute Gasteiger partial charge is 0.291 e. The summed E-state index contributed by atoms with van der Waals surface area (Å²) in [4.78, 5) is 18.6. The lowest BCUT2D eigenvalue weighted by atomic mass is 10.2. The molecule has 1 N–H and O–H groups in total. The maximum Gasteiger partial charge on any atom is 0.291 e. The van der Waals surface area contributed by atoms with Gasteiger partial charge in [0.05, 0.1) is 5.38 Å². The van der Waals surface area contributed by atoms with Gasteiger partial charge in [-0.1, -0.05) is 18.7 Å². The summed E-state index contributed by atoms with van der Waals surface area (Å²) in [6, 6.07) is 5.93. The Kier molecular flexibility index (Phi) is 7.04. The Labute approximate surface area is 159 Å². The SMILES string of the molecule is C=C(Oc1cc(N(CC)CC)ccc1C)C(=O)NC1=NC=CC(Cl)C=C1. The van der Waals surface area contributed by atoms with Crippen molar-refractivity contribution < 1.29 is 9.53 Å². The molecule has 1 aliphatic rings. The van der Waals surface area contributed by atoms with Crippen LogP contribution in [0.5, 0.6) is 5.75 Å². The van der Waals surface area contributed by atoms with Gasteiger partial charge in [0.1, 0.15) is 11.6 Å². The van der Waals surface area contributed by atoms with Crippen LogP contribution in [-0.2, 0) is 4.79 Å². The first kappa shape index (κ1) is 19.8. The first-order valence-electron chi connectivity index (χ1n) is 8.55. The number of rotatable bonds is 6. The van der Waals surface area contributed by atoms with Crippen molar-refractivity contribution >= 4 is 29.0 Å². The Morgan fingerprint density at radius 3 is 2.77 bits per heavy atom. The molecular weight excluding hydrogens is 350 g/mol. The number of ether oxygens (including phenoxy) is 1. The second kappa shape index (κ2) is 9.25. The molecule has 1 atom stereocenters. The highest BCUT2D eigenvalue weighted by Crippen LogP contribution is 2.26. The zero-order valence-corrected chi connectivity index (χ0v) is 16.1. The zero-order valence-electron chi connectivity index (χ0n) is 15.3. The van der Waals surface area contributed by atoms with E-state index in [4.69, 9.17) is 16.3 Å². The van der Waals surface area contributed by atoms with E-state index in [-0.39, 0.29) is 11.1 Å². The first-order valence-corrected chi connectivity index (χ1v) is 8.98. The summed E-state index contributed by atoms with van der Waals surface area (Å²) in [5, 5.41) is 2.41. The van der Waals surface area contributed by atoms with Gasteiger partial charge in [0.25, 0.3) is 5.91 Å². The maximum absolute atomic E-state index is 12.3. The van der Waals surface area contributed by atoms with Crippen molar-refractivity contribution in [2.24, 2.45) is 4.99 Å². The fraction of sp³-hybridized carbons (Fsp3) is 0.300. The van der Waals surface area contributed by atoms with Crippen molar-refractivity contribution in [1.29, 1.82) is 0 Å². The summed E-state index contributed by atoms with van der Waals surface area (Å²) in [6.45, 7) is 11.6. The van der Waals surface area contributed by atoms with Crippen molar-refractivity contribution in [3.8, 4) is 5.75 Å². The number of aliphatic imine (C=N–C) groups is 1. The predicted octanol–water partition coefficient (Wildman–Crippen LogP) is 3.94. The number of hydrogen-bond donors (Lipinski definition) is 1. The molecule has 1 aromatic carbocycles. The number of alkyl halides is 1. The van der Waals surface area contributed by atoms with Gasteiger partial charge in [-0.25, -0.2) is 4.99 Å². The van der Waals surface area contributed by atoms with Crippen LogP contribution in [0.2, 0.25) is 0 Å². The normalized spacial score (nSPS) is 15.8. The Hall–Kier alpha value is -2.53. The van der Waals surface area contributed by atoms with Gasteiger partial charge in [-0.2, -0.15) is 0 Å². The number of amides is 1. The van der Waals surface area contributed by atoms with Crippen LogP contribution in [0.25, 0.3) is 0 Å². The van der Waals surface area contributed by atoms with Crippen molar-refractivity contribution in [3.05, 3.63) is 60.5 Å². The minimum atomic E-state index is -0.456. The number of benzene rings is 1. The molecule has 1 heterocycles. The number of nitrogens with zero attached hydrogens (tertiary/aromatic N) is 2. The van der Waals surface area contributed by atoms with E-state index in [1.807, 2.05) is 25.1 Å². The van der Waals surface area contributed by atoms with Crippen molar-refractivity contribution in [1.82, 2.24) is 5.32 Å². The van der Waals surface area contributed by atoms with Crippen LogP contribution in [0.4, 0.5) is 5.69 Å². The number of hydrogen-bond acceptors (Lipinski definition) is 4. The molecule has 0 spiro atoms. The van der Waals surface area contributed by atoms with Crippen molar-refractivity contribution in [2.45, 2.75) is 26.1 Å². The molecule has 0 saturated carbocycles. The molecule has 138 valence electrons. The van der Waals surface area contributed by atoms with E-state index in [0.717, 1.165) is 24.3 Å². The molecule has 1 amide bonds. The van der Waals surface area contributed by atoms with Crippen molar-refractivity contribution in [2.75, 3.05) is 18.0 Å². The fourth-order valence-electron chi connectivity index (χ4n) is 2.42. The second-order valence-electron chi connectivity index (χ2n) is 5.76. The number of allylic oxidation sites excluding steroid dienone is 2. The Morgan fingerprint density at radius 1 is 1.35 bits per heavy atom. The molecule has 2 rings (SSSR count). The topological polar surface area (TPSA) is 53.9 Å². The summed E-state index contributed by atoms with van der Waals surface area (Å²) >= 11 is 5.97. The molecule has 0 radical (unpaired) electrons. The highest BCUT2D eigenvalue weighted by molar-refractivity contribution is 6.23. The van der Waals surface area contributed by atoms with E-state index < -0.39 is 5.91 Å². The number of carbonyl (C=O) groups excluding carboxylic acids is 1. The third-order valence-electron chi connectivity index (χ3n) is 3.95. The highest BCUT2D eigenvalue weighted by Gasteiger charge is 2.14. The summed E-state index contributed by atoms with van der Waals surface area (Å²) in [7, 11) is 0. The number of carbonyl (C=O) groups is 1. The number of amidine groups is 1. The number of halogens is 1. The average molecular weight is 374 g/mol. The van der Waals surface area contributed by atoms with E-state index >= 15 is 0 Å². The minimum Gasteiger partial charge on any atom is -0.452 e. The molecule has 5 nitrogen and oxygen atoms in total. The van der Waals surface area contributed by atoms with Gasteiger partial charge in [-0.3, -0.25) is 4.79 Å². The number of aryl methyl sites for hydroxylation is 1. The lowest BCUT2D eigenvalue weighted by Gasteiger charge is -2.22. The molecule has 6 heteroatoms. The molecule has 0 saturated heterocycles. The lowest BCUT2D eigenvalue weighted by Crippen LogP contribution is -2.31. The van der Waals surface area contributed by atoms with Crippen LogP contribution in [0.1, 0.15) is 19.4 Å². The number of nitrogens with one attached hydrogen (secondary N) is 1. The van der Waals surface area contributed by atoms with Crippen LogP contribution in [0, 0.1) is 6.92 Å². The van der Waals surface area contributed by atoms with E-state index in [2.05, 4.69) is 35.6 Å². The third-order valence-corrected chi connectivity index (χ3v) is 4.24. The van der Waals surface area contributed by atoms with Crippen LogP contribution in [0.3, 0.4) is 0 Å². The lowest BCUT2D eigenvalue weighted by molar-refractivity contribution is -0.118. The molecule has 0 fully saturated rings. The number of anilines is 1. The summed E-state index contributed by atoms with van der Waals surface area (Å²) < 4.78 is 5.72. The largest absolute Gasteiger partial charge is 0.452 e. The van der Waals surface area contributed by atoms with Crippen LogP contribution in [0.15, 0.2) is 60.0 Å². The molecule has 0 aliphatic carbocycles. The van der Waals surface area contributed by atoms with Crippen LogP contribution < -0.4 is 15.0 Å². The first-order chi connectivity index (χ1) is 12.4. The monoisotopic (exact) mass is 373 g/mol.